The second-order valence-corrected chi connectivity index (χ2v) is 5.32. The summed E-state index contributed by atoms with van der Waals surface area (Å²) in [5.74, 6) is 0.580. The minimum absolute atomic E-state index is 0.128. The summed E-state index contributed by atoms with van der Waals surface area (Å²) >= 11 is 0. The van der Waals surface area contributed by atoms with Gasteiger partial charge in [0.2, 0.25) is 5.91 Å². The van der Waals surface area contributed by atoms with Gasteiger partial charge in [0.1, 0.15) is 17.3 Å². The number of hydrogen-bond donors (Lipinski definition) is 3. The maximum absolute atomic E-state index is 12.1. The highest BCUT2D eigenvalue weighted by molar-refractivity contribution is 5.93. The Morgan fingerprint density at radius 2 is 1.80 bits per heavy atom. The van der Waals surface area contributed by atoms with Gasteiger partial charge in [-0.25, -0.2) is 9.97 Å². The Bertz CT molecular complexity index is 746. The molecule has 8 nitrogen and oxygen atoms in total. The Hall–Kier alpha value is -3.00. The molecule has 132 valence electrons. The molecule has 0 aliphatic heterocycles. The van der Waals surface area contributed by atoms with Gasteiger partial charge in [0.05, 0.1) is 6.61 Å². The highest BCUT2D eigenvalue weighted by Gasteiger charge is 2.10. The van der Waals surface area contributed by atoms with Crippen molar-refractivity contribution in [3.63, 3.8) is 0 Å². The minimum atomic E-state index is -0.286. The molecule has 0 unspecified atom stereocenters. The molecule has 0 bridgehead atoms. The highest BCUT2D eigenvalue weighted by atomic mass is 16.5. The zero-order valence-corrected chi connectivity index (χ0v) is 14.4. The van der Waals surface area contributed by atoms with Crippen LogP contribution >= 0.6 is 0 Å². The van der Waals surface area contributed by atoms with Crippen LogP contribution in [0.15, 0.2) is 30.3 Å². The molecule has 3 N–H and O–H groups in total. The Labute approximate surface area is 146 Å². The Morgan fingerprint density at radius 3 is 2.44 bits per heavy atom. The first-order valence-electron chi connectivity index (χ1n) is 7.75. The summed E-state index contributed by atoms with van der Waals surface area (Å²) in [4.78, 5) is 31.6. The van der Waals surface area contributed by atoms with E-state index in [0.717, 1.165) is 5.69 Å². The largest absolute Gasteiger partial charge is 0.383 e. The number of amides is 2. The molecule has 25 heavy (non-hydrogen) atoms. The molecule has 0 spiro atoms. The number of anilines is 3. The minimum Gasteiger partial charge on any atom is -0.383 e. The van der Waals surface area contributed by atoms with E-state index in [1.807, 2.05) is 0 Å². The van der Waals surface area contributed by atoms with Gasteiger partial charge in [-0.05, 0) is 31.2 Å². The Kier molecular flexibility index (Phi) is 6.41. The van der Waals surface area contributed by atoms with Gasteiger partial charge in [0.15, 0.2) is 0 Å². The summed E-state index contributed by atoms with van der Waals surface area (Å²) in [6, 6.07) is 8.74. The van der Waals surface area contributed by atoms with Gasteiger partial charge < -0.3 is 20.7 Å². The van der Waals surface area contributed by atoms with Crippen LogP contribution in [0, 0.1) is 6.92 Å². The fraction of sp³-hybridized carbons (Fsp3) is 0.294. The number of hydrogen-bond acceptors (Lipinski definition) is 6. The van der Waals surface area contributed by atoms with Gasteiger partial charge in [0, 0.05) is 38.0 Å². The zero-order valence-electron chi connectivity index (χ0n) is 14.4. The first-order valence-corrected chi connectivity index (χ1v) is 7.75. The van der Waals surface area contributed by atoms with Crippen molar-refractivity contribution in [3.05, 3.63) is 41.9 Å². The Morgan fingerprint density at radius 1 is 1.12 bits per heavy atom. The van der Waals surface area contributed by atoms with Crippen LogP contribution in [0.2, 0.25) is 0 Å². The van der Waals surface area contributed by atoms with Crippen molar-refractivity contribution in [1.82, 2.24) is 15.3 Å². The quantitative estimate of drug-likeness (QED) is 0.663. The van der Waals surface area contributed by atoms with E-state index in [4.69, 9.17) is 4.74 Å². The maximum Gasteiger partial charge on any atom is 0.270 e. The number of ether oxygens (including phenoxy) is 1. The monoisotopic (exact) mass is 343 g/mol. The molecule has 0 aliphatic carbocycles. The van der Waals surface area contributed by atoms with Gasteiger partial charge in [0.25, 0.3) is 5.91 Å². The molecule has 0 radical (unpaired) electrons. The third kappa shape index (κ3) is 5.85. The van der Waals surface area contributed by atoms with Crippen molar-refractivity contribution in [3.8, 4) is 0 Å². The van der Waals surface area contributed by atoms with Gasteiger partial charge in [-0.2, -0.15) is 0 Å². The molecule has 1 heterocycles. The van der Waals surface area contributed by atoms with Crippen LogP contribution in [0.5, 0.6) is 0 Å². The van der Waals surface area contributed by atoms with Crippen LogP contribution in [-0.4, -0.2) is 42.0 Å². The summed E-state index contributed by atoms with van der Waals surface area (Å²) in [5.41, 5.74) is 1.76. The van der Waals surface area contributed by atoms with Crippen molar-refractivity contribution in [2.24, 2.45) is 0 Å². The van der Waals surface area contributed by atoms with E-state index in [1.165, 1.54) is 6.92 Å². The summed E-state index contributed by atoms with van der Waals surface area (Å²) in [5, 5.41) is 8.54. The molecule has 0 aliphatic rings. The molecule has 2 rings (SSSR count). The van der Waals surface area contributed by atoms with Crippen LogP contribution in [0.3, 0.4) is 0 Å². The lowest BCUT2D eigenvalue weighted by Gasteiger charge is -2.10. The fourth-order valence-electron chi connectivity index (χ4n) is 2.09. The number of rotatable bonds is 7. The summed E-state index contributed by atoms with van der Waals surface area (Å²) in [6.07, 6.45) is 0. The molecule has 0 atom stereocenters. The average molecular weight is 343 g/mol. The van der Waals surface area contributed by atoms with E-state index in [-0.39, 0.29) is 17.5 Å². The molecule has 0 saturated heterocycles. The summed E-state index contributed by atoms with van der Waals surface area (Å²) in [7, 11) is 1.57. The van der Waals surface area contributed by atoms with E-state index in [0.29, 0.717) is 30.5 Å². The van der Waals surface area contributed by atoms with Crippen molar-refractivity contribution in [2.75, 3.05) is 30.9 Å². The fourth-order valence-corrected chi connectivity index (χ4v) is 2.09. The average Bonchev–Trinajstić information content (AvgIpc) is 2.56. The van der Waals surface area contributed by atoms with Crippen LogP contribution < -0.4 is 16.0 Å². The van der Waals surface area contributed by atoms with Crippen LogP contribution in [0.1, 0.15) is 23.2 Å². The first kappa shape index (κ1) is 18.3. The molecule has 1 aromatic heterocycles. The van der Waals surface area contributed by atoms with Crippen LogP contribution in [-0.2, 0) is 9.53 Å². The van der Waals surface area contributed by atoms with Gasteiger partial charge in [-0.15, -0.1) is 0 Å². The van der Waals surface area contributed by atoms with E-state index in [1.54, 1.807) is 44.4 Å². The second-order valence-electron chi connectivity index (χ2n) is 5.32. The maximum atomic E-state index is 12.1. The number of carbonyl (C=O) groups excluding carboxylic acids is 2. The SMILES string of the molecule is COCCNC(=O)c1cc(Nc2ccc(NC(C)=O)cc2)nc(C)n1. The molecule has 0 fully saturated rings. The molecule has 1 aromatic carbocycles. The van der Waals surface area contributed by atoms with Gasteiger partial charge >= 0.3 is 0 Å². The number of benzene rings is 1. The lowest BCUT2D eigenvalue weighted by Crippen LogP contribution is -2.28. The standard InChI is InChI=1S/C17H21N5O3/c1-11-19-15(17(24)18-8-9-25-3)10-16(20-11)22-14-6-4-13(5-7-14)21-12(2)23/h4-7,10H,8-9H2,1-3H3,(H,18,24)(H,21,23)(H,19,20,22). The first-order chi connectivity index (χ1) is 12.0. The number of nitrogens with one attached hydrogen (secondary N) is 3. The van der Waals surface area contributed by atoms with Gasteiger partial charge in [-0.1, -0.05) is 0 Å². The van der Waals surface area contributed by atoms with Crippen molar-refractivity contribution < 1.29 is 14.3 Å². The molecule has 8 heteroatoms. The second kappa shape index (κ2) is 8.74. The highest BCUT2D eigenvalue weighted by Crippen LogP contribution is 2.18. The number of aromatic nitrogens is 2. The van der Waals surface area contributed by atoms with Crippen molar-refractivity contribution >= 4 is 29.0 Å². The zero-order chi connectivity index (χ0) is 18.2. The molecular weight excluding hydrogens is 322 g/mol. The molecular formula is C17H21N5O3. The lowest BCUT2D eigenvalue weighted by molar-refractivity contribution is -0.114. The summed E-state index contributed by atoms with van der Waals surface area (Å²) in [6.45, 7) is 4.01. The summed E-state index contributed by atoms with van der Waals surface area (Å²) < 4.78 is 4.90. The van der Waals surface area contributed by atoms with E-state index in [9.17, 15) is 9.59 Å². The van der Waals surface area contributed by atoms with Gasteiger partial charge in [-0.3, -0.25) is 9.59 Å². The van der Waals surface area contributed by atoms with Crippen molar-refractivity contribution in [1.29, 1.82) is 0 Å². The number of nitrogens with zero attached hydrogens (tertiary/aromatic N) is 2. The predicted molar refractivity (Wildman–Crippen MR) is 95.0 cm³/mol. The van der Waals surface area contributed by atoms with Crippen LogP contribution in [0.4, 0.5) is 17.2 Å². The number of aryl methyl sites for hydroxylation is 1. The van der Waals surface area contributed by atoms with E-state index < -0.39 is 0 Å². The molecule has 2 aromatic rings. The smallest absolute Gasteiger partial charge is 0.270 e. The third-order valence-electron chi connectivity index (χ3n) is 3.14. The number of methoxy groups -OCH3 is 1. The van der Waals surface area contributed by atoms with E-state index in [2.05, 4.69) is 25.9 Å². The van der Waals surface area contributed by atoms with Crippen LogP contribution in [0.25, 0.3) is 0 Å². The lowest BCUT2D eigenvalue weighted by atomic mass is 10.2. The Balaban J connectivity index is 2.09. The third-order valence-corrected chi connectivity index (χ3v) is 3.14. The molecule has 0 saturated carbocycles. The van der Waals surface area contributed by atoms with E-state index >= 15 is 0 Å². The predicted octanol–water partition coefficient (Wildman–Crippen LogP) is 1.86. The topological polar surface area (TPSA) is 105 Å². The van der Waals surface area contributed by atoms with Crippen molar-refractivity contribution in [2.45, 2.75) is 13.8 Å². The normalized spacial score (nSPS) is 10.2. The molecule has 2 amide bonds. The number of carbonyl (C=O) groups is 2.